The predicted molar refractivity (Wildman–Crippen MR) is 52.1 cm³/mol. The minimum atomic E-state index is 0.909. The lowest BCUT2D eigenvalue weighted by atomic mass is 9.68. The van der Waals surface area contributed by atoms with Gasteiger partial charge in [0, 0.05) is 12.6 Å². The van der Waals surface area contributed by atoms with Crippen LogP contribution in [0.2, 0.25) is 0 Å². The van der Waals surface area contributed by atoms with Crippen LogP contribution in [-0.2, 0) is 0 Å². The largest absolute Gasteiger partial charge is 0.303 e. The highest BCUT2D eigenvalue weighted by atomic mass is 15.1. The van der Waals surface area contributed by atoms with Crippen molar-refractivity contribution in [2.75, 3.05) is 13.6 Å². The molecule has 1 nitrogen and oxygen atoms in total. The van der Waals surface area contributed by atoms with Gasteiger partial charge in [0.25, 0.3) is 0 Å². The summed E-state index contributed by atoms with van der Waals surface area (Å²) in [6.45, 7) is 6.16. The Bertz CT molecular complexity index is 164. The van der Waals surface area contributed by atoms with Crippen molar-refractivity contribution in [2.45, 2.75) is 39.2 Å². The first-order chi connectivity index (χ1) is 5.68. The molecule has 2 aliphatic heterocycles. The summed E-state index contributed by atoms with van der Waals surface area (Å²) in [5.74, 6) is 2.95. The van der Waals surface area contributed by atoms with Crippen molar-refractivity contribution in [1.29, 1.82) is 0 Å². The van der Waals surface area contributed by atoms with Crippen LogP contribution >= 0.6 is 0 Å². The molecule has 3 fully saturated rings. The van der Waals surface area contributed by atoms with E-state index in [0.29, 0.717) is 0 Å². The lowest BCUT2D eigenvalue weighted by Gasteiger charge is -2.49. The van der Waals surface area contributed by atoms with Crippen LogP contribution in [0.4, 0.5) is 0 Å². The summed E-state index contributed by atoms with van der Waals surface area (Å²) in [4.78, 5) is 2.58. The molecular weight excluding hydrogens is 146 g/mol. The molecule has 2 heterocycles. The summed E-state index contributed by atoms with van der Waals surface area (Å²) in [5, 5.41) is 0. The average Bonchev–Trinajstić information content (AvgIpc) is 2.04. The van der Waals surface area contributed by atoms with Gasteiger partial charge in [0.1, 0.15) is 0 Å². The number of hydrogen-bond donors (Lipinski definition) is 0. The summed E-state index contributed by atoms with van der Waals surface area (Å²) < 4.78 is 0. The first-order valence-electron chi connectivity index (χ1n) is 5.38. The fourth-order valence-corrected chi connectivity index (χ4v) is 3.21. The van der Waals surface area contributed by atoms with Gasteiger partial charge in [-0.2, -0.15) is 0 Å². The van der Waals surface area contributed by atoms with Crippen LogP contribution in [0.1, 0.15) is 33.1 Å². The van der Waals surface area contributed by atoms with E-state index >= 15 is 0 Å². The molecule has 0 aromatic rings. The Labute approximate surface area is 76.1 Å². The van der Waals surface area contributed by atoms with Crippen LogP contribution in [0.3, 0.4) is 0 Å². The van der Waals surface area contributed by atoms with Crippen LogP contribution in [-0.4, -0.2) is 24.5 Å². The van der Waals surface area contributed by atoms with Crippen molar-refractivity contribution < 1.29 is 0 Å². The second kappa shape index (κ2) is 3.02. The highest BCUT2D eigenvalue weighted by molar-refractivity contribution is 4.92. The number of nitrogens with zero attached hydrogens (tertiary/aromatic N) is 1. The fraction of sp³-hybridized carbons (Fsp3) is 1.00. The second-order valence-corrected chi connectivity index (χ2v) is 5.07. The monoisotopic (exact) mass is 167 g/mol. The topological polar surface area (TPSA) is 3.24 Å². The molecule has 0 spiro atoms. The first-order valence-corrected chi connectivity index (χ1v) is 5.38. The molecule has 0 aromatic carbocycles. The van der Waals surface area contributed by atoms with Crippen LogP contribution in [0, 0.1) is 17.8 Å². The summed E-state index contributed by atoms with van der Waals surface area (Å²) in [5.41, 5.74) is 0. The summed E-state index contributed by atoms with van der Waals surface area (Å²) in [7, 11) is 2.30. The van der Waals surface area contributed by atoms with Crippen LogP contribution in [0.15, 0.2) is 0 Å². The highest BCUT2D eigenvalue weighted by Crippen LogP contribution is 2.41. The molecule has 12 heavy (non-hydrogen) atoms. The normalized spacial score (nSPS) is 42.5. The van der Waals surface area contributed by atoms with E-state index in [4.69, 9.17) is 0 Å². The predicted octanol–water partition coefficient (Wildman–Crippen LogP) is 2.37. The molecule has 0 radical (unpaired) electrons. The number of rotatable bonds is 1. The van der Waals surface area contributed by atoms with Gasteiger partial charge in [0.05, 0.1) is 0 Å². The highest BCUT2D eigenvalue weighted by Gasteiger charge is 2.39. The minimum Gasteiger partial charge on any atom is -0.303 e. The maximum atomic E-state index is 2.58. The lowest BCUT2D eigenvalue weighted by Crippen LogP contribution is -2.51. The minimum absolute atomic E-state index is 0.909. The van der Waals surface area contributed by atoms with Gasteiger partial charge in [0.15, 0.2) is 0 Å². The molecule has 2 bridgehead atoms. The van der Waals surface area contributed by atoms with E-state index in [1.165, 1.54) is 25.8 Å². The van der Waals surface area contributed by atoms with E-state index < -0.39 is 0 Å². The zero-order valence-corrected chi connectivity index (χ0v) is 8.59. The Morgan fingerprint density at radius 2 is 2.00 bits per heavy atom. The lowest BCUT2D eigenvalue weighted by molar-refractivity contribution is 0.00421. The number of piperidine rings is 2. The molecule has 1 saturated carbocycles. The van der Waals surface area contributed by atoms with Crippen LogP contribution in [0.25, 0.3) is 0 Å². The van der Waals surface area contributed by atoms with E-state index in [0.717, 1.165) is 23.8 Å². The Kier molecular flexibility index (Phi) is 2.16. The van der Waals surface area contributed by atoms with E-state index in [9.17, 15) is 0 Å². The Morgan fingerprint density at radius 1 is 1.25 bits per heavy atom. The first kappa shape index (κ1) is 8.55. The fourth-order valence-electron chi connectivity index (χ4n) is 3.21. The van der Waals surface area contributed by atoms with Gasteiger partial charge in [-0.1, -0.05) is 13.8 Å². The standard InChI is InChI=1S/C11H21N/c1-8(2)11-6-10-5-4-9(11)7-12(10)3/h8-11H,4-7H2,1-3H3/t9-,10-,11?/m0/s1. The van der Waals surface area contributed by atoms with Gasteiger partial charge in [-0.3, -0.25) is 0 Å². The molecule has 0 N–H and O–H groups in total. The SMILES string of the molecule is CC(C)C1C[C@@H]2CC[C@H]1CN2C. The molecule has 3 rings (SSSR count). The van der Waals surface area contributed by atoms with Crippen molar-refractivity contribution in [3.63, 3.8) is 0 Å². The molecule has 0 amide bonds. The number of hydrogen-bond acceptors (Lipinski definition) is 1. The quantitative estimate of drug-likeness (QED) is 0.579. The zero-order chi connectivity index (χ0) is 8.72. The molecule has 1 unspecified atom stereocenters. The number of fused-ring (bicyclic) bond motifs is 3. The maximum Gasteiger partial charge on any atom is 0.00952 e. The maximum absolute atomic E-state index is 2.58. The van der Waals surface area contributed by atoms with Crippen molar-refractivity contribution in [3.05, 3.63) is 0 Å². The molecule has 3 aliphatic rings. The molecular formula is C11H21N. The smallest absolute Gasteiger partial charge is 0.00952 e. The summed E-state index contributed by atoms with van der Waals surface area (Å²) >= 11 is 0. The molecule has 1 heteroatoms. The van der Waals surface area contributed by atoms with Gasteiger partial charge in [-0.25, -0.2) is 0 Å². The van der Waals surface area contributed by atoms with Gasteiger partial charge >= 0.3 is 0 Å². The third-order valence-corrected chi connectivity index (χ3v) is 4.02. The van der Waals surface area contributed by atoms with E-state index in [2.05, 4.69) is 25.8 Å². The van der Waals surface area contributed by atoms with E-state index in [1.807, 2.05) is 0 Å². The van der Waals surface area contributed by atoms with Crippen molar-refractivity contribution in [3.8, 4) is 0 Å². The van der Waals surface area contributed by atoms with Gasteiger partial charge in [-0.05, 0) is 44.1 Å². The summed E-state index contributed by atoms with van der Waals surface area (Å²) in [6.07, 6.45) is 4.43. The summed E-state index contributed by atoms with van der Waals surface area (Å²) in [6, 6.07) is 0.919. The molecule has 70 valence electrons. The van der Waals surface area contributed by atoms with Gasteiger partial charge in [0.2, 0.25) is 0 Å². The van der Waals surface area contributed by atoms with Crippen molar-refractivity contribution in [1.82, 2.24) is 4.90 Å². The Hall–Kier alpha value is -0.0400. The van der Waals surface area contributed by atoms with Crippen molar-refractivity contribution in [2.24, 2.45) is 17.8 Å². The second-order valence-electron chi connectivity index (χ2n) is 5.07. The molecule has 2 saturated heterocycles. The molecule has 1 aliphatic carbocycles. The molecule has 0 aromatic heterocycles. The zero-order valence-electron chi connectivity index (χ0n) is 8.59. The van der Waals surface area contributed by atoms with E-state index in [-0.39, 0.29) is 0 Å². The van der Waals surface area contributed by atoms with Gasteiger partial charge in [-0.15, -0.1) is 0 Å². The van der Waals surface area contributed by atoms with Gasteiger partial charge < -0.3 is 4.90 Å². The van der Waals surface area contributed by atoms with Crippen LogP contribution in [0.5, 0.6) is 0 Å². The molecule has 3 atom stereocenters. The Balaban J connectivity index is 2.05. The van der Waals surface area contributed by atoms with Crippen molar-refractivity contribution >= 4 is 0 Å². The third kappa shape index (κ3) is 1.28. The van der Waals surface area contributed by atoms with E-state index in [1.54, 1.807) is 0 Å². The van der Waals surface area contributed by atoms with Crippen LogP contribution < -0.4 is 0 Å². The average molecular weight is 167 g/mol. The Morgan fingerprint density at radius 3 is 2.42 bits per heavy atom. The third-order valence-electron chi connectivity index (χ3n) is 4.02.